The van der Waals surface area contributed by atoms with E-state index >= 15 is 0 Å². The first-order valence-electron chi connectivity index (χ1n) is 4.75. The quantitative estimate of drug-likeness (QED) is 0.738. The van der Waals surface area contributed by atoms with Gasteiger partial charge in [-0.1, -0.05) is 18.2 Å². The van der Waals surface area contributed by atoms with E-state index in [0.717, 1.165) is 11.8 Å². The average molecular weight is 175 g/mol. The molecule has 2 bridgehead atoms. The molecule has 2 heterocycles. The molecule has 1 saturated carbocycles. The molecule has 13 heavy (non-hydrogen) atoms. The van der Waals surface area contributed by atoms with Gasteiger partial charge in [-0.2, -0.15) is 0 Å². The van der Waals surface area contributed by atoms with Crippen LogP contribution in [-0.2, 0) is 5.54 Å². The van der Waals surface area contributed by atoms with E-state index in [1.807, 2.05) is 12.1 Å². The van der Waals surface area contributed by atoms with Crippen LogP contribution in [0, 0.1) is 0 Å². The lowest BCUT2D eigenvalue weighted by Crippen LogP contribution is -2.74. The van der Waals surface area contributed by atoms with Gasteiger partial charge in [0, 0.05) is 11.6 Å². The Kier molecular flexibility index (Phi) is 1.29. The van der Waals surface area contributed by atoms with Crippen LogP contribution in [-0.4, -0.2) is 13.2 Å². The van der Waals surface area contributed by atoms with E-state index in [1.54, 1.807) is 7.11 Å². The number of rotatable bonds is 2. The highest BCUT2D eigenvalue weighted by molar-refractivity contribution is 5.45. The normalized spacial score (nSPS) is 34.7. The number of para-hydroxylation sites is 1. The molecule has 1 aromatic rings. The lowest BCUT2D eigenvalue weighted by atomic mass is 9.59. The minimum Gasteiger partial charge on any atom is -0.496 e. The molecule has 2 saturated heterocycles. The summed E-state index contributed by atoms with van der Waals surface area (Å²) >= 11 is 0. The minimum absolute atomic E-state index is 0.275. The summed E-state index contributed by atoms with van der Waals surface area (Å²) in [6.07, 6.45) is 2.57. The molecule has 68 valence electrons. The summed E-state index contributed by atoms with van der Waals surface area (Å²) in [4.78, 5) is 0. The number of ether oxygens (including phenoxy) is 1. The van der Waals surface area contributed by atoms with Crippen LogP contribution in [0.2, 0.25) is 0 Å². The van der Waals surface area contributed by atoms with Crippen LogP contribution in [0.1, 0.15) is 18.4 Å². The van der Waals surface area contributed by atoms with Gasteiger partial charge in [0.05, 0.1) is 12.6 Å². The number of methoxy groups -OCH3 is 1. The second kappa shape index (κ2) is 2.26. The molecule has 2 aliphatic heterocycles. The molecule has 3 aliphatic rings. The van der Waals surface area contributed by atoms with E-state index in [9.17, 15) is 0 Å². The number of hydrogen-bond donors (Lipinski definition) is 1. The van der Waals surface area contributed by atoms with E-state index in [0.29, 0.717) is 0 Å². The third kappa shape index (κ3) is 0.814. The Bertz CT molecular complexity index is 331. The maximum atomic E-state index is 5.35. The van der Waals surface area contributed by atoms with Crippen molar-refractivity contribution in [2.75, 3.05) is 7.11 Å². The Hall–Kier alpha value is -1.02. The molecular weight excluding hydrogens is 162 g/mol. The van der Waals surface area contributed by atoms with E-state index in [-0.39, 0.29) is 5.54 Å². The van der Waals surface area contributed by atoms with Crippen molar-refractivity contribution in [1.82, 2.24) is 5.32 Å². The van der Waals surface area contributed by atoms with Gasteiger partial charge in [0.1, 0.15) is 5.75 Å². The fourth-order valence-corrected chi connectivity index (χ4v) is 2.47. The van der Waals surface area contributed by atoms with Crippen LogP contribution >= 0.6 is 0 Å². The molecule has 2 heteroatoms. The van der Waals surface area contributed by atoms with Crippen molar-refractivity contribution in [3.8, 4) is 5.75 Å². The Morgan fingerprint density at radius 3 is 2.62 bits per heavy atom. The van der Waals surface area contributed by atoms with Crippen molar-refractivity contribution in [3.63, 3.8) is 0 Å². The monoisotopic (exact) mass is 175 g/mol. The van der Waals surface area contributed by atoms with Crippen LogP contribution in [0.4, 0.5) is 0 Å². The van der Waals surface area contributed by atoms with Gasteiger partial charge in [0.25, 0.3) is 0 Å². The van der Waals surface area contributed by atoms with Crippen LogP contribution in [0.25, 0.3) is 0 Å². The number of benzene rings is 1. The first kappa shape index (κ1) is 7.39. The highest BCUT2D eigenvalue weighted by atomic mass is 16.5. The van der Waals surface area contributed by atoms with Gasteiger partial charge < -0.3 is 10.1 Å². The molecule has 0 amide bonds. The zero-order valence-electron chi connectivity index (χ0n) is 7.71. The van der Waals surface area contributed by atoms with Gasteiger partial charge in [-0.15, -0.1) is 0 Å². The van der Waals surface area contributed by atoms with Crippen molar-refractivity contribution < 1.29 is 4.74 Å². The van der Waals surface area contributed by atoms with E-state index < -0.39 is 0 Å². The molecular formula is C11H13NO. The minimum atomic E-state index is 0.275. The largest absolute Gasteiger partial charge is 0.496 e. The molecule has 4 rings (SSSR count). The summed E-state index contributed by atoms with van der Waals surface area (Å²) in [5, 5.41) is 3.53. The Morgan fingerprint density at radius 1 is 1.38 bits per heavy atom. The van der Waals surface area contributed by atoms with Gasteiger partial charge >= 0.3 is 0 Å². The zero-order valence-corrected chi connectivity index (χ0v) is 7.71. The smallest absolute Gasteiger partial charge is 0.123 e. The topological polar surface area (TPSA) is 21.3 Å². The van der Waals surface area contributed by atoms with E-state index in [1.165, 1.54) is 18.4 Å². The zero-order chi connectivity index (χ0) is 8.89. The molecule has 0 unspecified atom stereocenters. The Balaban J connectivity index is 2.03. The molecule has 3 fully saturated rings. The number of nitrogens with one attached hydrogen (secondary N) is 1. The second-order valence-electron chi connectivity index (χ2n) is 4.03. The summed E-state index contributed by atoms with van der Waals surface area (Å²) in [7, 11) is 1.74. The third-order valence-electron chi connectivity index (χ3n) is 3.29. The van der Waals surface area contributed by atoms with Crippen LogP contribution in [0.3, 0.4) is 0 Å². The van der Waals surface area contributed by atoms with Crippen LogP contribution in [0.15, 0.2) is 24.3 Å². The molecule has 0 spiro atoms. The van der Waals surface area contributed by atoms with Crippen molar-refractivity contribution in [2.24, 2.45) is 0 Å². The molecule has 1 aliphatic carbocycles. The van der Waals surface area contributed by atoms with Crippen LogP contribution < -0.4 is 10.1 Å². The molecule has 2 nitrogen and oxygen atoms in total. The first-order valence-corrected chi connectivity index (χ1v) is 4.75. The van der Waals surface area contributed by atoms with E-state index in [4.69, 9.17) is 4.74 Å². The second-order valence-corrected chi connectivity index (χ2v) is 4.03. The molecule has 0 atom stereocenters. The van der Waals surface area contributed by atoms with Gasteiger partial charge in [-0.3, -0.25) is 0 Å². The standard InChI is InChI=1S/C11H13NO/c1-13-10-5-3-2-4-9(10)11-6-8(7-11)12-11/h2-5,8,12H,6-7H2,1H3. The highest BCUT2D eigenvalue weighted by Crippen LogP contribution is 2.54. The van der Waals surface area contributed by atoms with E-state index in [2.05, 4.69) is 17.4 Å². The fourth-order valence-electron chi connectivity index (χ4n) is 2.47. The summed E-state index contributed by atoms with van der Waals surface area (Å²) in [6.45, 7) is 0. The average Bonchev–Trinajstić information content (AvgIpc) is 2.00. The van der Waals surface area contributed by atoms with Crippen molar-refractivity contribution in [3.05, 3.63) is 29.8 Å². The Labute approximate surface area is 77.9 Å². The summed E-state index contributed by atoms with van der Waals surface area (Å²) in [5.41, 5.74) is 1.61. The first-order chi connectivity index (χ1) is 6.34. The molecule has 0 radical (unpaired) electrons. The maximum absolute atomic E-state index is 5.35. The third-order valence-corrected chi connectivity index (χ3v) is 3.29. The van der Waals surface area contributed by atoms with Crippen molar-refractivity contribution in [2.45, 2.75) is 24.4 Å². The number of hydrogen-bond acceptors (Lipinski definition) is 2. The SMILES string of the molecule is COc1ccccc1C12CC(C1)N2. The highest BCUT2D eigenvalue weighted by Gasteiger charge is 2.58. The molecule has 0 aromatic heterocycles. The lowest BCUT2D eigenvalue weighted by molar-refractivity contribution is -0.0236. The lowest BCUT2D eigenvalue weighted by Gasteiger charge is -2.63. The van der Waals surface area contributed by atoms with Gasteiger partial charge in [0.15, 0.2) is 0 Å². The Morgan fingerprint density at radius 2 is 2.08 bits per heavy atom. The van der Waals surface area contributed by atoms with Gasteiger partial charge in [-0.05, 0) is 18.9 Å². The summed E-state index contributed by atoms with van der Waals surface area (Å²) < 4.78 is 5.35. The predicted octanol–water partition coefficient (Wildman–Crippen LogP) is 1.66. The van der Waals surface area contributed by atoms with Crippen molar-refractivity contribution >= 4 is 0 Å². The fraction of sp³-hybridized carbons (Fsp3) is 0.455. The summed E-state index contributed by atoms with van der Waals surface area (Å²) in [6, 6.07) is 9.09. The van der Waals surface area contributed by atoms with Crippen LogP contribution in [0.5, 0.6) is 5.75 Å². The van der Waals surface area contributed by atoms with Gasteiger partial charge in [0.2, 0.25) is 0 Å². The molecule has 1 aromatic carbocycles. The maximum Gasteiger partial charge on any atom is 0.123 e. The van der Waals surface area contributed by atoms with Crippen molar-refractivity contribution in [1.29, 1.82) is 0 Å². The van der Waals surface area contributed by atoms with Gasteiger partial charge in [-0.25, -0.2) is 0 Å². The predicted molar refractivity (Wildman–Crippen MR) is 50.8 cm³/mol. The molecule has 1 N–H and O–H groups in total. The summed E-state index contributed by atoms with van der Waals surface area (Å²) in [5.74, 6) is 1.02.